The molecule has 2 aromatic carbocycles. The summed E-state index contributed by atoms with van der Waals surface area (Å²) in [5.74, 6) is -2.09. The summed E-state index contributed by atoms with van der Waals surface area (Å²) in [6.45, 7) is 1.01. The van der Waals surface area contributed by atoms with Gasteiger partial charge < -0.3 is 54.3 Å². The van der Waals surface area contributed by atoms with Crippen LogP contribution in [0.1, 0.15) is 24.5 Å². The maximum absolute atomic E-state index is 13.2. The van der Waals surface area contributed by atoms with Crippen LogP contribution in [0.2, 0.25) is 0 Å². The lowest BCUT2D eigenvalue weighted by molar-refractivity contribution is -0.327. The fraction of sp³-hybridized carbons (Fsp3) is 0.438. The Morgan fingerprint density at radius 2 is 1.42 bits per heavy atom. The van der Waals surface area contributed by atoms with Crippen molar-refractivity contribution in [3.8, 4) is 11.5 Å². The summed E-state index contributed by atoms with van der Waals surface area (Å²) in [6, 6.07) is 12.9. The van der Waals surface area contributed by atoms with E-state index in [0.29, 0.717) is 18.4 Å². The lowest BCUT2D eigenvalue weighted by Crippen LogP contribution is -2.60. The van der Waals surface area contributed by atoms with Gasteiger partial charge in [-0.25, -0.2) is 4.79 Å². The maximum Gasteiger partial charge on any atom is 0.337 e. The molecule has 7 atom stereocenters. The predicted octanol–water partition coefficient (Wildman–Crippen LogP) is 0.979. The molecule has 2 aliphatic heterocycles. The average Bonchev–Trinajstić information content (AvgIpc) is 3.03. The van der Waals surface area contributed by atoms with Gasteiger partial charge in [0.1, 0.15) is 35.9 Å². The van der Waals surface area contributed by atoms with Crippen LogP contribution >= 0.6 is 0 Å². The van der Waals surface area contributed by atoms with Crippen LogP contribution in [-0.2, 0) is 46.1 Å². The molecular formula is C32H38O13. The molecule has 0 saturated carbocycles. The summed E-state index contributed by atoms with van der Waals surface area (Å²) < 4.78 is 27.9. The summed E-state index contributed by atoms with van der Waals surface area (Å²) in [4.78, 5) is 26.2. The third-order valence-electron chi connectivity index (χ3n) is 7.56. The molecule has 2 aliphatic rings. The number of phenols is 2. The van der Waals surface area contributed by atoms with E-state index in [4.69, 9.17) is 23.7 Å². The number of ether oxygens (including phenoxy) is 5. The minimum Gasteiger partial charge on any atom is -0.508 e. The van der Waals surface area contributed by atoms with Crippen LogP contribution in [-0.4, -0.2) is 99.4 Å². The quantitative estimate of drug-likeness (QED) is 0.143. The second-order valence-corrected chi connectivity index (χ2v) is 10.6. The van der Waals surface area contributed by atoms with Gasteiger partial charge in [-0.3, -0.25) is 4.79 Å². The third kappa shape index (κ3) is 8.81. The van der Waals surface area contributed by atoms with Crippen molar-refractivity contribution in [2.24, 2.45) is 5.92 Å². The fourth-order valence-corrected chi connectivity index (χ4v) is 4.99. The van der Waals surface area contributed by atoms with E-state index in [1.807, 2.05) is 0 Å². The number of esters is 2. The van der Waals surface area contributed by atoms with Crippen LogP contribution < -0.4 is 0 Å². The van der Waals surface area contributed by atoms with Crippen molar-refractivity contribution in [1.29, 1.82) is 0 Å². The topological polar surface area (TPSA) is 202 Å². The standard InChI is InChI=1S/C32H38O13/c1-2-22-23(15-26(36)41-13-11-18-3-7-20(34)8-4-18)24(30(40)42-14-12-19-5-9-21(35)10-6-19)17-43-31(22)45-32-29(39)28(38)27(37)25(16-33)44-32/h2-10,17,23,25,27-29,31-35,37-39H,11-16H2,1H3/b22-2+/t23-,25+,27+,28-,29+,31-,32-/m0/s1. The van der Waals surface area contributed by atoms with E-state index in [2.05, 4.69) is 0 Å². The van der Waals surface area contributed by atoms with Gasteiger partial charge in [0.05, 0.1) is 38.1 Å². The molecule has 1 saturated heterocycles. The summed E-state index contributed by atoms with van der Waals surface area (Å²) >= 11 is 0. The Kier molecular flexibility index (Phi) is 11.9. The minimum atomic E-state index is -1.71. The molecule has 0 aromatic heterocycles. The minimum absolute atomic E-state index is 0.000710. The molecule has 244 valence electrons. The Hall–Kier alpha value is -3.98. The molecule has 6 N–H and O–H groups in total. The van der Waals surface area contributed by atoms with Crippen molar-refractivity contribution in [2.75, 3.05) is 19.8 Å². The molecular weight excluding hydrogens is 592 g/mol. The number of aromatic hydroxyl groups is 2. The molecule has 0 amide bonds. The van der Waals surface area contributed by atoms with Crippen LogP contribution in [0.3, 0.4) is 0 Å². The van der Waals surface area contributed by atoms with Gasteiger partial charge in [0.2, 0.25) is 6.29 Å². The van der Waals surface area contributed by atoms with Crippen LogP contribution in [0, 0.1) is 5.92 Å². The number of aliphatic hydroxyl groups is 4. The Bertz CT molecular complexity index is 1340. The van der Waals surface area contributed by atoms with Gasteiger partial charge in [-0.1, -0.05) is 30.3 Å². The molecule has 0 bridgehead atoms. The molecule has 0 radical (unpaired) electrons. The van der Waals surface area contributed by atoms with Gasteiger partial charge in [0, 0.05) is 24.3 Å². The predicted molar refractivity (Wildman–Crippen MR) is 155 cm³/mol. The molecule has 4 rings (SSSR count). The van der Waals surface area contributed by atoms with Gasteiger partial charge >= 0.3 is 11.9 Å². The normalized spacial score (nSPS) is 27.4. The molecule has 45 heavy (non-hydrogen) atoms. The number of phenolic OH excluding ortho intramolecular Hbond substituents is 2. The number of allylic oxidation sites excluding steroid dienone is 1. The highest BCUT2D eigenvalue weighted by Gasteiger charge is 2.47. The summed E-state index contributed by atoms with van der Waals surface area (Å²) in [6.07, 6.45) is -5.92. The summed E-state index contributed by atoms with van der Waals surface area (Å²) in [7, 11) is 0. The van der Waals surface area contributed by atoms with E-state index in [1.165, 1.54) is 24.3 Å². The largest absolute Gasteiger partial charge is 0.508 e. The van der Waals surface area contributed by atoms with Crippen LogP contribution in [0.15, 0.2) is 72.0 Å². The highest BCUT2D eigenvalue weighted by Crippen LogP contribution is 2.36. The Balaban J connectivity index is 1.47. The first kappa shape index (κ1) is 33.9. The number of hydrogen-bond donors (Lipinski definition) is 6. The molecule has 1 fully saturated rings. The van der Waals surface area contributed by atoms with Crippen molar-refractivity contribution >= 4 is 11.9 Å². The molecule has 2 heterocycles. The molecule has 2 aromatic rings. The van der Waals surface area contributed by atoms with Crippen LogP contribution in [0.25, 0.3) is 0 Å². The van der Waals surface area contributed by atoms with E-state index in [-0.39, 0.29) is 36.7 Å². The number of aliphatic hydroxyl groups excluding tert-OH is 4. The second-order valence-electron chi connectivity index (χ2n) is 10.6. The Morgan fingerprint density at radius 1 is 0.844 bits per heavy atom. The van der Waals surface area contributed by atoms with E-state index in [1.54, 1.807) is 37.3 Å². The van der Waals surface area contributed by atoms with Crippen molar-refractivity contribution < 1.29 is 63.9 Å². The lowest BCUT2D eigenvalue weighted by atomic mass is 9.86. The second kappa shape index (κ2) is 15.8. The number of rotatable bonds is 12. The number of hydrogen-bond acceptors (Lipinski definition) is 13. The number of carbonyl (C=O) groups excluding carboxylic acids is 2. The molecule has 0 aliphatic carbocycles. The first-order chi connectivity index (χ1) is 21.6. The number of carbonyl (C=O) groups is 2. The van der Waals surface area contributed by atoms with Gasteiger partial charge in [-0.2, -0.15) is 0 Å². The summed E-state index contributed by atoms with van der Waals surface area (Å²) in [5, 5.41) is 59.2. The molecule has 0 unspecified atom stereocenters. The monoisotopic (exact) mass is 630 g/mol. The van der Waals surface area contributed by atoms with E-state index in [9.17, 15) is 40.2 Å². The van der Waals surface area contributed by atoms with Crippen molar-refractivity contribution in [1.82, 2.24) is 0 Å². The third-order valence-corrected chi connectivity index (χ3v) is 7.56. The number of benzene rings is 2. The lowest BCUT2D eigenvalue weighted by Gasteiger charge is -2.42. The zero-order valence-electron chi connectivity index (χ0n) is 24.6. The highest BCUT2D eigenvalue weighted by atomic mass is 16.8. The highest BCUT2D eigenvalue weighted by molar-refractivity contribution is 5.91. The van der Waals surface area contributed by atoms with Crippen molar-refractivity contribution in [3.05, 3.63) is 83.1 Å². The van der Waals surface area contributed by atoms with Crippen LogP contribution in [0.4, 0.5) is 0 Å². The first-order valence-electron chi connectivity index (χ1n) is 14.5. The molecule has 13 nitrogen and oxygen atoms in total. The van der Waals surface area contributed by atoms with Crippen molar-refractivity contribution in [2.45, 2.75) is 63.2 Å². The average molecular weight is 631 g/mol. The fourth-order valence-electron chi connectivity index (χ4n) is 4.99. The van der Waals surface area contributed by atoms with Crippen molar-refractivity contribution in [3.63, 3.8) is 0 Å². The van der Waals surface area contributed by atoms with E-state index < -0.39 is 61.5 Å². The van der Waals surface area contributed by atoms with E-state index >= 15 is 0 Å². The maximum atomic E-state index is 13.2. The van der Waals surface area contributed by atoms with Gasteiger partial charge in [-0.15, -0.1) is 0 Å². The SMILES string of the molecule is C/C=C1/[C@H](O[C@@H]2O[C@H](CO)[C@@H](O)[C@H](O)[C@H]2O)OC=C(C(=O)OCCc2ccc(O)cc2)[C@H]1CC(=O)OCCc1ccc(O)cc1. The molecule has 0 spiro atoms. The Morgan fingerprint density at radius 3 is 1.98 bits per heavy atom. The van der Waals surface area contributed by atoms with Crippen LogP contribution in [0.5, 0.6) is 11.5 Å². The van der Waals surface area contributed by atoms with Gasteiger partial charge in [-0.05, 0) is 42.3 Å². The van der Waals surface area contributed by atoms with E-state index in [0.717, 1.165) is 17.4 Å². The first-order valence-corrected chi connectivity index (χ1v) is 14.5. The van der Waals surface area contributed by atoms with Gasteiger partial charge in [0.15, 0.2) is 6.29 Å². The zero-order chi connectivity index (χ0) is 32.5. The van der Waals surface area contributed by atoms with Gasteiger partial charge in [0.25, 0.3) is 0 Å². The Labute approximate surface area is 259 Å². The molecule has 13 heteroatoms. The smallest absolute Gasteiger partial charge is 0.337 e. The zero-order valence-corrected chi connectivity index (χ0v) is 24.6. The summed E-state index contributed by atoms with van der Waals surface area (Å²) in [5.41, 5.74) is 1.98.